The van der Waals surface area contributed by atoms with Crippen LogP contribution in [0.25, 0.3) is 5.70 Å². The van der Waals surface area contributed by atoms with E-state index in [1.807, 2.05) is 30.3 Å². The molecule has 134 valence electrons. The van der Waals surface area contributed by atoms with Crippen LogP contribution in [0.1, 0.15) is 5.69 Å². The first-order chi connectivity index (χ1) is 13.2. The van der Waals surface area contributed by atoms with Gasteiger partial charge in [0.15, 0.2) is 11.5 Å². The number of aliphatic hydroxyl groups excluding tert-OH is 1. The Bertz CT molecular complexity index is 1020. The summed E-state index contributed by atoms with van der Waals surface area (Å²) in [6.07, 6.45) is 7.93. The summed E-state index contributed by atoms with van der Waals surface area (Å²) >= 11 is 1.25. The van der Waals surface area contributed by atoms with Crippen LogP contribution in [-0.4, -0.2) is 15.9 Å². The summed E-state index contributed by atoms with van der Waals surface area (Å²) in [4.78, 5) is 21.0. The van der Waals surface area contributed by atoms with Crippen molar-refractivity contribution >= 4 is 33.6 Å². The van der Waals surface area contributed by atoms with E-state index in [-0.39, 0.29) is 11.7 Å². The normalized spacial score (nSPS) is 18.1. The highest BCUT2D eigenvalue weighted by molar-refractivity contribution is 7.13. The van der Waals surface area contributed by atoms with Crippen molar-refractivity contribution in [2.24, 2.45) is 10.2 Å². The molecule has 0 spiro atoms. The average molecular weight is 379 g/mol. The lowest BCUT2D eigenvalue weighted by Crippen LogP contribution is -2.30. The fourth-order valence-electron chi connectivity index (χ4n) is 2.41. The number of carbonyl (C=O) groups is 1. The van der Waals surface area contributed by atoms with Gasteiger partial charge in [-0.2, -0.15) is 5.11 Å². The van der Waals surface area contributed by atoms with Crippen molar-refractivity contribution in [2.45, 2.75) is 0 Å². The van der Waals surface area contributed by atoms with Gasteiger partial charge >= 0.3 is 5.95 Å². The van der Waals surface area contributed by atoms with Crippen LogP contribution < -0.4 is 10.6 Å². The van der Waals surface area contributed by atoms with E-state index in [0.29, 0.717) is 22.1 Å². The first-order valence-electron chi connectivity index (χ1n) is 7.89. The zero-order chi connectivity index (χ0) is 18.6. The molecule has 2 N–H and O–H groups in total. The Morgan fingerprint density at radius 2 is 2.04 bits per heavy atom. The number of hydrazine groups is 1. The Kier molecular flexibility index (Phi) is 4.60. The minimum atomic E-state index is -0.292. The van der Waals surface area contributed by atoms with Crippen molar-refractivity contribution < 1.29 is 14.7 Å². The molecule has 27 heavy (non-hydrogen) atoms. The number of anilines is 1. The van der Waals surface area contributed by atoms with Gasteiger partial charge in [-0.15, -0.1) is 16.5 Å². The lowest BCUT2D eigenvalue weighted by Gasteiger charge is -2.17. The van der Waals surface area contributed by atoms with Gasteiger partial charge in [-0.3, -0.25) is 4.79 Å². The number of benzene rings is 1. The molecule has 1 aliphatic heterocycles. The van der Waals surface area contributed by atoms with Gasteiger partial charge in [0.05, 0.1) is 11.9 Å². The Balaban J connectivity index is 1.55. The number of hydrogen-bond donors (Lipinski definition) is 2. The lowest BCUT2D eigenvalue weighted by molar-refractivity contribution is -0.111. The second-order valence-corrected chi connectivity index (χ2v) is 6.25. The van der Waals surface area contributed by atoms with Crippen LogP contribution in [0.15, 0.2) is 88.0 Å². The van der Waals surface area contributed by atoms with E-state index in [4.69, 9.17) is 4.84 Å². The van der Waals surface area contributed by atoms with Gasteiger partial charge in [0, 0.05) is 11.0 Å². The van der Waals surface area contributed by atoms with E-state index < -0.39 is 0 Å². The van der Waals surface area contributed by atoms with E-state index in [9.17, 15) is 9.90 Å². The molecular weight excluding hydrogens is 366 g/mol. The van der Waals surface area contributed by atoms with Crippen molar-refractivity contribution in [3.8, 4) is 0 Å². The highest BCUT2D eigenvalue weighted by Crippen LogP contribution is 2.33. The van der Waals surface area contributed by atoms with Crippen molar-refractivity contribution in [1.82, 2.24) is 10.6 Å². The number of para-hydroxylation sites is 1. The molecule has 0 fully saturated rings. The standard InChI is InChI=1S/C18H13N5O3S/c24-15-9-5-4-6-12(15)10-19-21-18-20-14(11-27-18)16-17(25)26-22-23(16)13-7-2-1-3-8-13/h1-11,22,25H/b12-10+,21-19?. The second kappa shape index (κ2) is 7.36. The molecule has 2 heterocycles. The molecule has 0 amide bonds. The van der Waals surface area contributed by atoms with E-state index in [2.05, 4.69) is 20.8 Å². The quantitative estimate of drug-likeness (QED) is 0.616. The summed E-state index contributed by atoms with van der Waals surface area (Å²) in [7, 11) is 0. The number of thiazole rings is 1. The third kappa shape index (κ3) is 3.54. The van der Waals surface area contributed by atoms with Gasteiger partial charge in [-0.25, -0.2) is 9.99 Å². The Hall–Kier alpha value is -3.56. The summed E-state index contributed by atoms with van der Waals surface area (Å²) in [5.41, 5.74) is 4.69. The maximum Gasteiger partial charge on any atom is 0.327 e. The van der Waals surface area contributed by atoms with Crippen molar-refractivity contribution in [3.05, 3.63) is 83.4 Å². The summed E-state index contributed by atoms with van der Waals surface area (Å²) in [6, 6.07) is 9.35. The van der Waals surface area contributed by atoms with Gasteiger partial charge in [0.1, 0.15) is 5.69 Å². The number of ketones is 1. The minimum Gasteiger partial charge on any atom is -0.478 e. The molecule has 0 saturated carbocycles. The molecule has 8 nitrogen and oxygen atoms in total. The van der Waals surface area contributed by atoms with Crippen LogP contribution in [0.2, 0.25) is 0 Å². The van der Waals surface area contributed by atoms with E-state index in [0.717, 1.165) is 5.69 Å². The summed E-state index contributed by atoms with van der Waals surface area (Å²) in [6.45, 7) is 0. The number of aliphatic hydroxyl groups is 1. The van der Waals surface area contributed by atoms with E-state index >= 15 is 0 Å². The van der Waals surface area contributed by atoms with Crippen LogP contribution in [0.4, 0.5) is 10.8 Å². The predicted octanol–water partition coefficient (Wildman–Crippen LogP) is 3.95. The van der Waals surface area contributed by atoms with Crippen molar-refractivity contribution in [3.63, 3.8) is 0 Å². The van der Waals surface area contributed by atoms with E-state index in [1.54, 1.807) is 28.6 Å². The zero-order valence-corrected chi connectivity index (χ0v) is 14.6. The monoisotopic (exact) mass is 379 g/mol. The third-order valence-corrected chi connectivity index (χ3v) is 4.39. The molecule has 0 saturated heterocycles. The molecular formula is C18H13N5O3S. The molecule has 0 bridgehead atoms. The molecule has 1 aromatic heterocycles. The number of nitrogens with zero attached hydrogens (tertiary/aromatic N) is 4. The summed E-state index contributed by atoms with van der Waals surface area (Å²) in [5, 5.41) is 21.7. The van der Waals surface area contributed by atoms with Gasteiger partial charge in [-0.05, 0) is 24.3 Å². The average Bonchev–Trinajstić information content (AvgIpc) is 3.30. The Morgan fingerprint density at radius 3 is 2.85 bits per heavy atom. The lowest BCUT2D eigenvalue weighted by atomic mass is 10.1. The molecule has 4 rings (SSSR count). The summed E-state index contributed by atoms with van der Waals surface area (Å²) < 4.78 is 0. The number of azo groups is 1. The van der Waals surface area contributed by atoms with E-state index in [1.165, 1.54) is 23.6 Å². The molecule has 0 unspecified atom stereocenters. The second-order valence-electron chi connectivity index (χ2n) is 5.42. The molecule has 1 aromatic carbocycles. The van der Waals surface area contributed by atoms with Crippen LogP contribution in [0.3, 0.4) is 0 Å². The van der Waals surface area contributed by atoms with Crippen LogP contribution in [0, 0.1) is 0 Å². The fraction of sp³-hybridized carbons (Fsp3) is 0. The number of allylic oxidation sites excluding steroid dienone is 5. The third-order valence-electron chi connectivity index (χ3n) is 3.67. The zero-order valence-electron chi connectivity index (χ0n) is 13.8. The number of nitrogens with one attached hydrogen (secondary N) is 1. The topological polar surface area (TPSA) is 99.4 Å². The predicted molar refractivity (Wildman–Crippen MR) is 101 cm³/mol. The molecule has 2 aromatic rings. The number of carbonyl (C=O) groups excluding carboxylic acids is 1. The number of hydrogen-bond acceptors (Lipinski definition) is 9. The molecule has 0 radical (unpaired) electrons. The van der Waals surface area contributed by atoms with Crippen LogP contribution in [0.5, 0.6) is 0 Å². The summed E-state index contributed by atoms with van der Waals surface area (Å²) in [5.74, 6) is -0.418. The van der Waals surface area contributed by atoms with Gasteiger partial charge < -0.3 is 9.94 Å². The first-order valence-corrected chi connectivity index (χ1v) is 8.77. The van der Waals surface area contributed by atoms with Crippen LogP contribution in [-0.2, 0) is 9.63 Å². The molecule has 9 heteroatoms. The molecule has 1 aliphatic carbocycles. The number of aromatic nitrogens is 1. The highest BCUT2D eigenvalue weighted by atomic mass is 32.1. The fourth-order valence-corrected chi connectivity index (χ4v) is 3.03. The maximum absolute atomic E-state index is 11.6. The van der Waals surface area contributed by atoms with Crippen molar-refractivity contribution in [2.75, 3.05) is 5.01 Å². The number of rotatable bonds is 4. The first kappa shape index (κ1) is 16.9. The maximum atomic E-state index is 11.6. The van der Waals surface area contributed by atoms with Crippen LogP contribution >= 0.6 is 11.3 Å². The molecule has 2 aliphatic rings. The Morgan fingerprint density at radius 1 is 1.22 bits per heavy atom. The van der Waals surface area contributed by atoms with Crippen molar-refractivity contribution in [1.29, 1.82) is 0 Å². The Labute approximate surface area is 158 Å². The smallest absolute Gasteiger partial charge is 0.327 e. The largest absolute Gasteiger partial charge is 0.478 e. The SMILES string of the molecule is O=C1C=CC=C/C1=C\N=Nc1nc(C2=C(O)ONN2c2ccccc2)cs1. The van der Waals surface area contributed by atoms with Gasteiger partial charge in [0.25, 0.3) is 0 Å². The molecule has 0 atom stereocenters. The van der Waals surface area contributed by atoms with Gasteiger partial charge in [-0.1, -0.05) is 35.9 Å². The highest BCUT2D eigenvalue weighted by Gasteiger charge is 2.29. The van der Waals surface area contributed by atoms with Gasteiger partial charge in [0.2, 0.25) is 5.13 Å². The minimum absolute atomic E-state index is 0.126.